The number of carbonyl (C=O) groups excluding carboxylic acids is 1. The van der Waals surface area contributed by atoms with Crippen LogP contribution in [-0.4, -0.2) is 52.1 Å². The van der Waals surface area contributed by atoms with Gasteiger partial charge in [-0.2, -0.15) is 4.98 Å². The normalized spacial score (nSPS) is 29.5. The van der Waals surface area contributed by atoms with E-state index in [0.29, 0.717) is 17.6 Å². The van der Waals surface area contributed by atoms with Gasteiger partial charge < -0.3 is 15.8 Å². The van der Waals surface area contributed by atoms with Crippen molar-refractivity contribution in [3.63, 3.8) is 0 Å². The molecule has 2 aliphatic heterocycles. The van der Waals surface area contributed by atoms with Gasteiger partial charge in [0.25, 0.3) is 5.91 Å². The maximum Gasteiger partial charge on any atom is 0.258 e. The summed E-state index contributed by atoms with van der Waals surface area (Å²) >= 11 is 0. The zero-order valence-electron chi connectivity index (χ0n) is 15.5. The Morgan fingerprint density at radius 3 is 2.50 bits per heavy atom. The summed E-state index contributed by atoms with van der Waals surface area (Å²) in [5.41, 5.74) is 5.93. The zero-order chi connectivity index (χ0) is 18.1. The van der Waals surface area contributed by atoms with Crippen molar-refractivity contribution in [1.29, 1.82) is 0 Å². The molecular formula is C19H29N5O2. The minimum absolute atomic E-state index is 0.109. The van der Waals surface area contributed by atoms with Gasteiger partial charge in [-0.15, -0.1) is 0 Å². The van der Waals surface area contributed by atoms with Gasteiger partial charge in [-0.05, 0) is 38.5 Å². The smallest absolute Gasteiger partial charge is 0.258 e. The summed E-state index contributed by atoms with van der Waals surface area (Å²) < 4.78 is 5.19. The molecule has 0 aromatic carbocycles. The number of aromatic nitrogens is 2. The van der Waals surface area contributed by atoms with Crippen LogP contribution < -0.4 is 15.8 Å². The van der Waals surface area contributed by atoms with Crippen LogP contribution in [0.5, 0.6) is 5.88 Å². The van der Waals surface area contributed by atoms with Gasteiger partial charge in [0.2, 0.25) is 11.8 Å². The first-order chi connectivity index (χ1) is 12.7. The van der Waals surface area contributed by atoms with Crippen LogP contribution in [0.25, 0.3) is 0 Å². The summed E-state index contributed by atoms with van der Waals surface area (Å²) in [5.74, 6) is 0.173. The molecule has 1 saturated carbocycles. The van der Waals surface area contributed by atoms with E-state index in [9.17, 15) is 4.79 Å². The summed E-state index contributed by atoms with van der Waals surface area (Å²) in [6.07, 6.45) is 12.9. The predicted molar refractivity (Wildman–Crippen MR) is 99.0 cm³/mol. The number of hydrogen-bond donors (Lipinski definition) is 2. The second-order valence-electron chi connectivity index (χ2n) is 7.92. The van der Waals surface area contributed by atoms with Crippen molar-refractivity contribution in [3.8, 4) is 5.88 Å². The molecule has 1 amide bonds. The quantitative estimate of drug-likeness (QED) is 0.855. The number of ether oxygens (including phenoxy) is 1. The predicted octanol–water partition coefficient (Wildman–Crippen LogP) is 2.13. The molecule has 26 heavy (non-hydrogen) atoms. The molecule has 7 nitrogen and oxygen atoms in total. The summed E-state index contributed by atoms with van der Waals surface area (Å²) in [4.78, 5) is 23.4. The van der Waals surface area contributed by atoms with Crippen LogP contribution >= 0.6 is 0 Å². The molecule has 4 rings (SSSR count). The number of nitrogens with two attached hydrogens (primary N) is 1. The monoisotopic (exact) mass is 359 g/mol. The van der Waals surface area contributed by atoms with Crippen molar-refractivity contribution in [1.82, 2.24) is 20.2 Å². The molecule has 3 N–H and O–H groups in total. The van der Waals surface area contributed by atoms with Crippen LogP contribution in [0.1, 0.15) is 68.1 Å². The Morgan fingerprint density at radius 2 is 1.85 bits per heavy atom. The lowest BCUT2D eigenvalue weighted by molar-refractivity contribution is 0.0493. The number of carbonyl (C=O) groups is 1. The number of piperidine rings is 1. The third-order valence-corrected chi connectivity index (χ3v) is 6.33. The number of hydrogen-bond acceptors (Lipinski definition) is 6. The number of nitrogen functional groups attached to an aromatic ring is 1. The summed E-state index contributed by atoms with van der Waals surface area (Å²) in [5, 5.41) is 3.19. The van der Waals surface area contributed by atoms with E-state index in [1.165, 1.54) is 58.3 Å². The molecule has 0 radical (unpaired) electrons. The molecule has 3 atom stereocenters. The summed E-state index contributed by atoms with van der Waals surface area (Å²) in [6, 6.07) is 2.21. The van der Waals surface area contributed by atoms with E-state index in [1.807, 2.05) is 0 Å². The molecule has 1 aromatic rings. The lowest BCUT2D eigenvalue weighted by Gasteiger charge is -2.45. The Bertz CT molecular complexity index is 647. The Kier molecular flexibility index (Phi) is 4.98. The van der Waals surface area contributed by atoms with E-state index < -0.39 is 0 Å². The standard InChI is InChI=1S/C19H29N5O2/c1-26-18-16(11-21-19(20)23-18)17(25)22-12-9-14-7-8-15(10-12)24(14)13-5-3-2-4-6-13/h11-15H,2-10H2,1H3,(H,22,25)(H2,20,21,23)/t12?,14-,15+. The van der Waals surface area contributed by atoms with E-state index in [0.717, 1.165) is 18.9 Å². The molecular weight excluding hydrogens is 330 g/mol. The molecule has 2 saturated heterocycles. The Morgan fingerprint density at radius 1 is 1.15 bits per heavy atom. The fourth-order valence-electron chi connectivity index (χ4n) is 5.26. The van der Waals surface area contributed by atoms with Gasteiger partial charge in [0, 0.05) is 30.4 Å². The highest BCUT2D eigenvalue weighted by atomic mass is 16.5. The molecule has 1 unspecified atom stereocenters. The molecule has 3 aliphatic rings. The van der Waals surface area contributed by atoms with Gasteiger partial charge in [-0.3, -0.25) is 9.69 Å². The van der Waals surface area contributed by atoms with Crippen LogP contribution in [0.3, 0.4) is 0 Å². The largest absolute Gasteiger partial charge is 0.480 e. The lowest BCUT2D eigenvalue weighted by Crippen LogP contribution is -2.54. The van der Waals surface area contributed by atoms with Gasteiger partial charge in [0.15, 0.2) is 0 Å². The van der Waals surface area contributed by atoms with Gasteiger partial charge >= 0.3 is 0 Å². The highest BCUT2D eigenvalue weighted by Crippen LogP contribution is 2.40. The second kappa shape index (κ2) is 7.39. The van der Waals surface area contributed by atoms with Crippen molar-refractivity contribution in [3.05, 3.63) is 11.8 Å². The van der Waals surface area contributed by atoms with E-state index in [-0.39, 0.29) is 23.8 Å². The molecule has 0 spiro atoms. The fraction of sp³-hybridized carbons (Fsp3) is 0.737. The topological polar surface area (TPSA) is 93.4 Å². The lowest BCUT2D eigenvalue weighted by atomic mass is 9.88. The number of nitrogens with zero attached hydrogens (tertiary/aromatic N) is 3. The summed E-state index contributed by atoms with van der Waals surface area (Å²) in [6.45, 7) is 0. The van der Waals surface area contributed by atoms with Crippen LogP contribution in [0.2, 0.25) is 0 Å². The average Bonchev–Trinajstić information content (AvgIpc) is 2.93. The maximum absolute atomic E-state index is 12.7. The maximum atomic E-state index is 12.7. The van der Waals surface area contributed by atoms with Crippen molar-refractivity contribution < 1.29 is 9.53 Å². The molecule has 3 fully saturated rings. The van der Waals surface area contributed by atoms with E-state index >= 15 is 0 Å². The van der Waals surface area contributed by atoms with Crippen LogP contribution in [0.4, 0.5) is 5.95 Å². The first-order valence-electron chi connectivity index (χ1n) is 9.90. The van der Waals surface area contributed by atoms with Crippen molar-refractivity contribution in [2.24, 2.45) is 0 Å². The number of nitrogens with one attached hydrogen (secondary N) is 1. The van der Waals surface area contributed by atoms with Crippen LogP contribution in [0.15, 0.2) is 6.20 Å². The van der Waals surface area contributed by atoms with E-state index in [2.05, 4.69) is 20.2 Å². The van der Waals surface area contributed by atoms with Gasteiger partial charge in [-0.1, -0.05) is 19.3 Å². The Balaban J connectivity index is 1.41. The third kappa shape index (κ3) is 3.37. The SMILES string of the molecule is COc1nc(N)ncc1C(=O)NC1C[C@H]2CC[C@@H](C1)N2C1CCCCC1. The molecule has 142 valence electrons. The molecule has 1 aliphatic carbocycles. The fourth-order valence-corrected chi connectivity index (χ4v) is 5.26. The van der Waals surface area contributed by atoms with Gasteiger partial charge in [0.05, 0.1) is 7.11 Å². The highest BCUT2D eigenvalue weighted by molar-refractivity contribution is 5.96. The number of fused-ring (bicyclic) bond motifs is 2. The van der Waals surface area contributed by atoms with Gasteiger partial charge in [-0.25, -0.2) is 4.98 Å². The molecule has 7 heteroatoms. The van der Waals surface area contributed by atoms with Crippen molar-refractivity contribution in [2.75, 3.05) is 12.8 Å². The number of anilines is 1. The Labute approximate surface area is 154 Å². The first-order valence-corrected chi connectivity index (χ1v) is 9.90. The molecule has 1 aromatic heterocycles. The van der Waals surface area contributed by atoms with Crippen LogP contribution in [0, 0.1) is 0 Å². The average molecular weight is 359 g/mol. The first kappa shape index (κ1) is 17.5. The minimum atomic E-state index is -0.169. The third-order valence-electron chi connectivity index (χ3n) is 6.33. The highest BCUT2D eigenvalue weighted by Gasteiger charge is 2.44. The second-order valence-corrected chi connectivity index (χ2v) is 7.92. The summed E-state index contributed by atoms with van der Waals surface area (Å²) in [7, 11) is 1.49. The van der Waals surface area contributed by atoms with Crippen LogP contribution in [-0.2, 0) is 0 Å². The van der Waals surface area contributed by atoms with Crippen molar-refractivity contribution >= 4 is 11.9 Å². The minimum Gasteiger partial charge on any atom is -0.480 e. The van der Waals surface area contributed by atoms with E-state index in [4.69, 9.17) is 10.5 Å². The Hall–Kier alpha value is -1.89. The number of amides is 1. The zero-order valence-corrected chi connectivity index (χ0v) is 15.5. The number of methoxy groups -OCH3 is 1. The molecule has 2 bridgehead atoms. The molecule has 3 heterocycles. The van der Waals surface area contributed by atoms with Gasteiger partial charge in [0.1, 0.15) is 5.56 Å². The number of rotatable bonds is 4. The van der Waals surface area contributed by atoms with E-state index in [1.54, 1.807) is 0 Å². The van der Waals surface area contributed by atoms with Crippen molar-refractivity contribution in [2.45, 2.75) is 82.0 Å².